The molecule has 0 radical (unpaired) electrons. The molecule has 3 aromatic rings. The van der Waals surface area contributed by atoms with E-state index in [-0.39, 0.29) is 31.0 Å². The summed E-state index contributed by atoms with van der Waals surface area (Å²) in [5.41, 5.74) is 1.58. The number of nitrogens with zero attached hydrogens (tertiary/aromatic N) is 1. The summed E-state index contributed by atoms with van der Waals surface area (Å²) >= 11 is 22.2. The normalized spacial score (nSPS) is 12.5. The highest BCUT2D eigenvalue weighted by Gasteiger charge is 2.31. The maximum atomic E-state index is 13.7. The highest BCUT2D eigenvalue weighted by molar-refractivity contribution is 9.10. The number of carbonyl (C=O) groups is 2. The lowest BCUT2D eigenvalue weighted by Gasteiger charge is -2.32. The van der Waals surface area contributed by atoms with E-state index in [1.807, 2.05) is 44.2 Å². The zero-order valence-corrected chi connectivity index (χ0v) is 24.4. The maximum Gasteiger partial charge on any atom is 0.261 e. The third-order valence-corrected chi connectivity index (χ3v) is 7.25. The number of nitrogens with one attached hydrogen (secondary N) is 1. The van der Waals surface area contributed by atoms with Gasteiger partial charge in [0.1, 0.15) is 11.8 Å². The second-order valence-electron chi connectivity index (χ2n) is 8.64. The van der Waals surface area contributed by atoms with Crippen LogP contribution in [0.15, 0.2) is 71.2 Å². The van der Waals surface area contributed by atoms with Crippen molar-refractivity contribution in [1.82, 2.24) is 10.2 Å². The first kappa shape index (κ1) is 29.3. The molecule has 0 saturated heterocycles. The van der Waals surface area contributed by atoms with Gasteiger partial charge in [-0.15, -0.1) is 0 Å². The molecule has 0 heterocycles. The lowest BCUT2D eigenvalue weighted by atomic mass is 10.0. The van der Waals surface area contributed by atoms with Gasteiger partial charge >= 0.3 is 0 Å². The van der Waals surface area contributed by atoms with Crippen LogP contribution in [0.1, 0.15) is 31.4 Å². The molecule has 2 atom stereocenters. The summed E-state index contributed by atoms with van der Waals surface area (Å²) in [5.74, 6) is -0.269. The van der Waals surface area contributed by atoms with Crippen LogP contribution in [0, 0.1) is 0 Å². The first-order chi connectivity index (χ1) is 17.7. The summed E-state index contributed by atoms with van der Waals surface area (Å²) < 4.78 is 6.57. The first-order valence-electron chi connectivity index (χ1n) is 11.8. The van der Waals surface area contributed by atoms with Gasteiger partial charge in [0.2, 0.25) is 5.91 Å². The molecule has 3 rings (SSSR count). The summed E-state index contributed by atoms with van der Waals surface area (Å²) in [5, 5.41) is 4.28. The molecule has 0 aliphatic heterocycles. The van der Waals surface area contributed by atoms with E-state index in [9.17, 15) is 9.59 Å². The fourth-order valence-corrected chi connectivity index (χ4v) is 4.84. The van der Waals surface area contributed by atoms with E-state index in [4.69, 9.17) is 39.5 Å². The van der Waals surface area contributed by atoms with Crippen LogP contribution in [-0.2, 0) is 22.6 Å². The highest BCUT2D eigenvalue weighted by Crippen LogP contribution is 2.28. The fraction of sp³-hybridized carbons (Fsp3) is 0.286. The molecule has 0 spiro atoms. The van der Waals surface area contributed by atoms with Crippen LogP contribution in [0.25, 0.3) is 0 Å². The number of ether oxygens (including phenoxy) is 1. The van der Waals surface area contributed by atoms with Gasteiger partial charge < -0.3 is 15.0 Å². The number of amides is 2. The Bertz CT molecular complexity index is 1230. The number of halogens is 4. The van der Waals surface area contributed by atoms with Crippen LogP contribution in [0.2, 0.25) is 15.1 Å². The molecule has 5 nitrogen and oxygen atoms in total. The molecule has 0 unspecified atom stereocenters. The fourth-order valence-electron chi connectivity index (χ4n) is 3.64. The number of benzene rings is 3. The quantitative estimate of drug-likeness (QED) is 0.242. The monoisotopic (exact) mass is 624 g/mol. The zero-order chi connectivity index (χ0) is 26.9. The molecule has 0 saturated carbocycles. The molecule has 9 heteroatoms. The standard InChI is InChI=1S/C28H28BrCl3N2O3/c1-3-18(2)33-28(36)25(13-19-7-5-4-6-8-19)34(16-20-9-11-22(30)15-23(20)31)27(35)17-37-26-12-10-21(29)14-24(26)32/h4-12,14-15,18,25H,3,13,16-17H2,1-2H3,(H,33,36)/t18-,25-/m0/s1. The van der Waals surface area contributed by atoms with Crippen molar-refractivity contribution in [3.05, 3.63) is 97.4 Å². The Morgan fingerprint density at radius 2 is 1.73 bits per heavy atom. The lowest BCUT2D eigenvalue weighted by Crippen LogP contribution is -2.53. The summed E-state index contributed by atoms with van der Waals surface area (Å²) in [6, 6.07) is 18.9. The second kappa shape index (κ2) is 14.1. The molecular formula is C28H28BrCl3N2O3. The predicted octanol–water partition coefficient (Wildman–Crippen LogP) is 7.34. The van der Waals surface area contributed by atoms with E-state index >= 15 is 0 Å². The van der Waals surface area contributed by atoms with Gasteiger partial charge in [0.15, 0.2) is 6.61 Å². The Morgan fingerprint density at radius 3 is 2.38 bits per heavy atom. The number of hydrogen-bond donors (Lipinski definition) is 1. The van der Waals surface area contributed by atoms with Crippen molar-refractivity contribution >= 4 is 62.5 Å². The van der Waals surface area contributed by atoms with Crippen molar-refractivity contribution in [3.63, 3.8) is 0 Å². The van der Waals surface area contributed by atoms with Gasteiger partial charge in [-0.25, -0.2) is 0 Å². The number of rotatable bonds is 11. The smallest absolute Gasteiger partial charge is 0.261 e. The number of carbonyl (C=O) groups excluding carboxylic acids is 2. The highest BCUT2D eigenvalue weighted by atomic mass is 79.9. The molecule has 0 aliphatic rings. The Balaban J connectivity index is 1.95. The van der Waals surface area contributed by atoms with Gasteiger partial charge in [-0.2, -0.15) is 0 Å². The zero-order valence-electron chi connectivity index (χ0n) is 20.5. The van der Waals surface area contributed by atoms with Crippen molar-refractivity contribution in [2.24, 2.45) is 0 Å². The SMILES string of the molecule is CC[C@H](C)NC(=O)[C@H](Cc1ccccc1)N(Cc1ccc(Cl)cc1Cl)C(=O)COc1ccc(Br)cc1Cl. The molecule has 0 aromatic heterocycles. The Kier molecular flexibility index (Phi) is 11.1. The summed E-state index contributed by atoms with van der Waals surface area (Å²) in [7, 11) is 0. The van der Waals surface area contributed by atoms with Crippen LogP contribution >= 0.6 is 50.7 Å². The Labute approximate surface area is 241 Å². The van der Waals surface area contributed by atoms with E-state index in [0.29, 0.717) is 32.8 Å². The maximum absolute atomic E-state index is 13.7. The van der Waals surface area contributed by atoms with Gasteiger partial charge in [0.25, 0.3) is 5.91 Å². The molecule has 2 amide bonds. The van der Waals surface area contributed by atoms with E-state index in [1.54, 1.807) is 36.4 Å². The topological polar surface area (TPSA) is 58.6 Å². The van der Waals surface area contributed by atoms with Crippen LogP contribution < -0.4 is 10.1 Å². The van der Waals surface area contributed by atoms with Gasteiger partial charge in [0.05, 0.1) is 5.02 Å². The Hall–Kier alpha value is -2.25. The Morgan fingerprint density at radius 1 is 1.00 bits per heavy atom. The minimum atomic E-state index is -0.806. The van der Waals surface area contributed by atoms with E-state index in [1.165, 1.54) is 4.90 Å². The minimum Gasteiger partial charge on any atom is -0.482 e. The molecule has 1 N–H and O–H groups in total. The lowest BCUT2D eigenvalue weighted by molar-refractivity contribution is -0.143. The van der Waals surface area contributed by atoms with E-state index in [0.717, 1.165) is 16.5 Å². The predicted molar refractivity (Wildman–Crippen MR) is 153 cm³/mol. The molecule has 37 heavy (non-hydrogen) atoms. The van der Waals surface area contributed by atoms with Crippen LogP contribution in [0.4, 0.5) is 0 Å². The molecule has 196 valence electrons. The van der Waals surface area contributed by atoms with Crippen molar-refractivity contribution in [2.75, 3.05) is 6.61 Å². The largest absolute Gasteiger partial charge is 0.482 e. The molecule has 0 fully saturated rings. The summed E-state index contributed by atoms with van der Waals surface area (Å²) in [6.07, 6.45) is 1.07. The van der Waals surface area contributed by atoms with Crippen molar-refractivity contribution in [1.29, 1.82) is 0 Å². The van der Waals surface area contributed by atoms with E-state index < -0.39 is 6.04 Å². The average Bonchev–Trinajstić information content (AvgIpc) is 2.87. The molecule has 3 aromatic carbocycles. The molecular weight excluding hydrogens is 599 g/mol. The number of hydrogen-bond acceptors (Lipinski definition) is 3. The van der Waals surface area contributed by atoms with Crippen molar-refractivity contribution in [3.8, 4) is 5.75 Å². The van der Waals surface area contributed by atoms with Crippen molar-refractivity contribution in [2.45, 2.75) is 45.3 Å². The summed E-state index contributed by atoms with van der Waals surface area (Å²) in [6.45, 7) is 3.70. The van der Waals surface area contributed by atoms with Gasteiger partial charge in [-0.1, -0.05) is 94.1 Å². The van der Waals surface area contributed by atoms with Gasteiger partial charge in [-0.05, 0) is 54.8 Å². The average molecular weight is 627 g/mol. The van der Waals surface area contributed by atoms with Crippen molar-refractivity contribution < 1.29 is 14.3 Å². The second-order valence-corrected chi connectivity index (χ2v) is 10.8. The molecule has 0 bridgehead atoms. The van der Waals surface area contributed by atoms with E-state index in [2.05, 4.69) is 21.2 Å². The summed E-state index contributed by atoms with van der Waals surface area (Å²) in [4.78, 5) is 28.7. The van der Waals surface area contributed by atoms with Crippen LogP contribution in [-0.4, -0.2) is 35.4 Å². The third kappa shape index (κ3) is 8.64. The van der Waals surface area contributed by atoms with Gasteiger partial charge in [0, 0.05) is 33.5 Å². The minimum absolute atomic E-state index is 0.0559. The van der Waals surface area contributed by atoms with Gasteiger partial charge in [-0.3, -0.25) is 9.59 Å². The van der Waals surface area contributed by atoms with Crippen LogP contribution in [0.3, 0.4) is 0 Å². The molecule has 0 aliphatic carbocycles. The third-order valence-electron chi connectivity index (χ3n) is 5.87. The first-order valence-corrected chi connectivity index (χ1v) is 13.8. The van der Waals surface area contributed by atoms with Crippen LogP contribution in [0.5, 0.6) is 5.75 Å².